The summed E-state index contributed by atoms with van der Waals surface area (Å²) in [5, 5.41) is 10.1. The van der Waals surface area contributed by atoms with E-state index in [0.717, 1.165) is 6.07 Å². The summed E-state index contributed by atoms with van der Waals surface area (Å²) in [4.78, 5) is 3.94. The number of rotatable bonds is 2. The standard InChI is InChI=1S/C14H11F4NO/c1-8-3-2-6-19-12(8)13(20)9-4-5-11(15)10(7-9)14(16,17)18/h2-7,13,20H,1H3. The molecule has 2 rings (SSSR count). The quantitative estimate of drug-likeness (QED) is 0.855. The second kappa shape index (κ2) is 5.20. The van der Waals surface area contributed by atoms with E-state index >= 15 is 0 Å². The lowest BCUT2D eigenvalue weighted by molar-refractivity contribution is -0.140. The van der Waals surface area contributed by atoms with Crippen molar-refractivity contribution < 1.29 is 22.7 Å². The van der Waals surface area contributed by atoms with E-state index < -0.39 is 23.7 Å². The smallest absolute Gasteiger partial charge is 0.382 e. The van der Waals surface area contributed by atoms with Gasteiger partial charge < -0.3 is 5.11 Å². The average Bonchev–Trinajstić information content (AvgIpc) is 2.37. The SMILES string of the molecule is Cc1cccnc1C(O)c1ccc(F)c(C(F)(F)F)c1. The van der Waals surface area contributed by atoms with Crippen LogP contribution < -0.4 is 0 Å². The number of aromatic nitrogens is 1. The fraction of sp³-hybridized carbons (Fsp3) is 0.214. The van der Waals surface area contributed by atoms with Crippen LogP contribution in [-0.4, -0.2) is 10.1 Å². The topological polar surface area (TPSA) is 33.1 Å². The number of hydrogen-bond acceptors (Lipinski definition) is 2. The molecule has 1 heterocycles. The zero-order valence-corrected chi connectivity index (χ0v) is 10.4. The van der Waals surface area contributed by atoms with Crippen LogP contribution in [0.3, 0.4) is 0 Å². The third-order valence-electron chi connectivity index (χ3n) is 2.92. The van der Waals surface area contributed by atoms with Gasteiger partial charge in [-0.15, -0.1) is 0 Å². The molecule has 1 N–H and O–H groups in total. The van der Waals surface area contributed by atoms with Crippen LogP contribution in [0.15, 0.2) is 36.5 Å². The highest BCUT2D eigenvalue weighted by atomic mass is 19.4. The summed E-state index contributed by atoms with van der Waals surface area (Å²) in [5.41, 5.74) is -0.576. The number of nitrogens with zero attached hydrogens (tertiary/aromatic N) is 1. The number of alkyl halides is 3. The van der Waals surface area contributed by atoms with Crippen molar-refractivity contribution in [3.63, 3.8) is 0 Å². The Kier molecular flexibility index (Phi) is 3.76. The maximum absolute atomic E-state index is 13.2. The van der Waals surface area contributed by atoms with Crippen molar-refractivity contribution in [1.29, 1.82) is 0 Å². The van der Waals surface area contributed by atoms with E-state index in [9.17, 15) is 22.7 Å². The minimum Gasteiger partial charge on any atom is -0.382 e. The molecule has 0 fully saturated rings. The van der Waals surface area contributed by atoms with E-state index in [0.29, 0.717) is 17.7 Å². The molecule has 20 heavy (non-hydrogen) atoms. The second-order valence-electron chi connectivity index (χ2n) is 4.35. The van der Waals surface area contributed by atoms with Gasteiger partial charge in [0, 0.05) is 6.20 Å². The van der Waals surface area contributed by atoms with Crippen LogP contribution in [0.5, 0.6) is 0 Å². The highest BCUT2D eigenvalue weighted by molar-refractivity contribution is 5.34. The van der Waals surface area contributed by atoms with Gasteiger partial charge in [-0.05, 0) is 36.2 Å². The number of aliphatic hydroxyl groups is 1. The first-order valence-electron chi connectivity index (χ1n) is 5.77. The molecule has 0 aliphatic rings. The molecule has 0 saturated heterocycles. The van der Waals surface area contributed by atoms with Crippen molar-refractivity contribution in [2.24, 2.45) is 0 Å². The van der Waals surface area contributed by atoms with Crippen LogP contribution in [-0.2, 0) is 6.18 Å². The Morgan fingerprint density at radius 2 is 1.90 bits per heavy atom. The number of aliphatic hydroxyl groups excluding tert-OH is 1. The molecule has 0 radical (unpaired) electrons. The van der Waals surface area contributed by atoms with Crippen LogP contribution in [0.1, 0.15) is 28.5 Å². The molecular formula is C14H11F4NO. The van der Waals surface area contributed by atoms with Gasteiger partial charge in [-0.3, -0.25) is 4.98 Å². The molecule has 1 aromatic heterocycles. The van der Waals surface area contributed by atoms with Crippen molar-refractivity contribution >= 4 is 0 Å². The number of aryl methyl sites for hydroxylation is 1. The monoisotopic (exact) mass is 285 g/mol. The van der Waals surface area contributed by atoms with E-state index in [4.69, 9.17) is 0 Å². The van der Waals surface area contributed by atoms with Gasteiger partial charge in [-0.1, -0.05) is 12.1 Å². The van der Waals surface area contributed by atoms with Crippen LogP contribution in [0, 0.1) is 12.7 Å². The van der Waals surface area contributed by atoms with Crippen molar-refractivity contribution in [3.05, 3.63) is 64.7 Å². The third kappa shape index (κ3) is 2.80. The second-order valence-corrected chi connectivity index (χ2v) is 4.35. The summed E-state index contributed by atoms with van der Waals surface area (Å²) in [6, 6.07) is 5.74. The van der Waals surface area contributed by atoms with E-state index in [-0.39, 0.29) is 11.3 Å². The molecule has 1 atom stereocenters. The van der Waals surface area contributed by atoms with Crippen molar-refractivity contribution in [3.8, 4) is 0 Å². The summed E-state index contributed by atoms with van der Waals surface area (Å²) < 4.78 is 51.1. The first kappa shape index (κ1) is 14.5. The van der Waals surface area contributed by atoms with Crippen molar-refractivity contribution in [2.45, 2.75) is 19.2 Å². The normalized spacial score (nSPS) is 13.3. The van der Waals surface area contributed by atoms with E-state index in [1.807, 2.05) is 0 Å². The highest BCUT2D eigenvalue weighted by Gasteiger charge is 2.34. The van der Waals surface area contributed by atoms with Gasteiger partial charge in [-0.2, -0.15) is 13.2 Å². The van der Waals surface area contributed by atoms with Gasteiger partial charge in [0.1, 0.15) is 11.9 Å². The molecule has 0 bridgehead atoms. The Balaban J connectivity index is 2.46. The lowest BCUT2D eigenvalue weighted by Gasteiger charge is -2.15. The zero-order valence-electron chi connectivity index (χ0n) is 10.4. The maximum Gasteiger partial charge on any atom is 0.419 e. The summed E-state index contributed by atoms with van der Waals surface area (Å²) in [7, 11) is 0. The Morgan fingerprint density at radius 3 is 2.50 bits per heavy atom. The molecule has 0 aliphatic heterocycles. The van der Waals surface area contributed by atoms with Crippen molar-refractivity contribution in [1.82, 2.24) is 4.98 Å². The number of pyridine rings is 1. The summed E-state index contributed by atoms with van der Waals surface area (Å²) in [6.07, 6.45) is -4.71. The molecule has 1 aromatic carbocycles. The van der Waals surface area contributed by atoms with Gasteiger partial charge in [0.05, 0.1) is 11.3 Å². The summed E-state index contributed by atoms with van der Waals surface area (Å²) in [6.45, 7) is 1.68. The minimum atomic E-state index is -4.81. The molecule has 0 amide bonds. The van der Waals surface area contributed by atoms with Crippen LogP contribution >= 0.6 is 0 Å². The van der Waals surface area contributed by atoms with Gasteiger partial charge in [0.2, 0.25) is 0 Å². The Morgan fingerprint density at radius 1 is 1.20 bits per heavy atom. The van der Waals surface area contributed by atoms with Gasteiger partial charge in [0.15, 0.2) is 0 Å². The van der Waals surface area contributed by atoms with Crippen LogP contribution in [0.25, 0.3) is 0 Å². The zero-order chi connectivity index (χ0) is 14.9. The maximum atomic E-state index is 13.2. The molecule has 0 saturated carbocycles. The average molecular weight is 285 g/mol. The lowest BCUT2D eigenvalue weighted by Crippen LogP contribution is -2.11. The van der Waals surface area contributed by atoms with E-state index in [1.165, 1.54) is 6.20 Å². The molecule has 0 spiro atoms. The van der Waals surface area contributed by atoms with Gasteiger partial charge in [-0.25, -0.2) is 4.39 Å². The lowest BCUT2D eigenvalue weighted by atomic mass is 10.0. The van der Waals surface area contributed by atoms with Gasteiger partial charge in [0.25, 0.3) is 0 Å². The molecule has 6 heteroatoms. The minimum absolute atomic E-state index is 0.0551. The van der Waals surface area contributed by atoms with Gasteiger partial charge >= 0.3 is 6.18 Å². The molecule has 0 aliphatic carbocycles. The number of benzene rings is 1. The number of halogens is 4. The predicted octanol–water partition coefficient (Wildman–Crippen LogP) is 3.63. The van der Waals surface area contributed by atoms with Crippen LogP contribution in [0.4, 0.5) is 17.6 Å². The Hall–Kier alpha value is -1.95. The predicted molar refractivity (Wildman–Crippen MR) is 64.4 cm³/mol. The molecule has 2 aromatic rings. The van der Waals surface area contributed by atoms with Crippen LogP contribution in [0.2, 0.25) is 0 Å². The summed E-state index contributed by atoms with van der Waals surface area (Å²) in [5.74, 6) is -1.37. The fourth-order valence-electron chi connectivity index (χ4n) is 1.87. The Bertz CT molecular complexity index is 625. The molecule has 1 unspecified atom stereocenters. The molecule has 2 nitrogen and oxygen atoms in total. The van der Waals surface area contributed by atoms with E-state index in [1.54, 1.807) is 19.1 Å². The number of hydrogen-bond donors (Lipinski definition) is 1. The Labute approximate surface area is 112 Å². The largest absolute Gasteiger partial charge is 0.419 e. The van der Waals surface area contributed by atoms with Crippen molar-refractivity contribution in [2.75, 3.05) is 0 Å². The molecule has 106 valence electrons. The first-order valence-corrected chi connectivity index (χ1v) is 5.77. The first-order chi connectivity index (χ1) is 9.30. The fourth-order valence-corrected chi connectivity index (χ4v) is 1.87. The molecular weight excluding hydrogens is 274 g/mol. The highest BCUT2D eigenvalue weighted by Crippen LogP contribution is 2.34. The third-order valence-corrected chi connectivity index (χ3v) is 2.92. The summed E-state index contributed by atoms with van der Waals surface area (Å²) >= 11 is 0. The van der Waals surface area contributed by atoms with E-state index in [2.05, 4.69) is 4.98 Å².